The number of hydrogen-bond donors (Lipinski definition) is 0. The van der Waals surface area contributed by atoms with Crippen molar-refractivity contribution >= 4 is 5.91 Å². The fraction of sp³-hybridized carbons (Fsp3) is 0.350. The topological polar surface area (TPSA) is 29.5 Å². The minimum absolute atomic E-state index is 0.0772. The molecule has 2 rings (SSSR count). The lowest BCUT2D eigenvalue weighted by Crippen LogP contribution is -2.29. The van der Waals surface area contributed by atoms with Crippen LogP contribution in [0.5, 0.6) is 5.75 Å². The zero-order valence-electron chi connectivity index (χ0n) is 14.4. The van der Waals surface area contributed by atoms with E-state index in [0.717, 1.165) is 23.3 Å². The van der Waals surface area contributed by atoms with Crippen LogP contribution >= 0.6 is 0 Å². The molecule has 0 N–H and O–H groups in total. The lowest BCUT2D eigenvalue weighted by molar-refractivity contribution is -0.131. The molecule has 0 fully saturated rings. The minimum atomic E-state index is 0.0772. The summed E-state index contributed by atoms with van der Waals surface area (Å²) in [6, 6.07) is 16.3. The minimum Gasteiger partial charge on any atom is -0.497 e. The smallest absolute Gasteiger partial charge is 0.223 e. The van der Waals surface area contributed by atoms with Gasteiger partial charge in [0.25, 0.3) is 0 Å². The fourth-order valence-corrected chi connectivity index (χ4v) is 2.54. The monoisotopic (exact) mass is 311 g/mol. The molecule has 1 amide bonds. The predicted octanol–water partition coefficient (Wildman–Crippen LogP) is 4.16. The molecule has 3 heteroatoms. The first-order chi connectivity index (χ1) is 11.0. The van der Waals surface area contributed by atoms with Gasteiger partial charge in [0.05, 0.1) is 13.2 Å². The maximum absolute atomic E-state index is 12.4. The van der Waals surface area contributed by atoms with Crippen LogP contribution in [0.4, 0.5) is 0 Å². The van der Waals surface area contributed by atoms with Gasteiger partial charge in [-0.25, -0.2) is 0 Å². The van der Waals surface area contributed by atoms with Crippen LogP contribution in [-0.4, -0.2) is 25.0 Å². The third-order valence-electron chi connectivity index (χ3n) is 4.30. The van der Waals surface area contributed by atoms with Crippen LogP contribution in [0, 0.1) is 6.92 Å². The predicted molar refractivity (Wildman–Crippen MR) is 93.7 cm³/mol. The average Bonchev–Trinajstić information content (AvgIpc) is 2.59. The molecule has 1 unspecified atom stereocenters. The summed E-state index contributed by atoms with van der Waals surface area (Å²) >= 11 is 0. The molecule has 0 bridgehead atoms. The van der Waals surface area contributed by atoms with Crippen LogP contribution in [-0.2, 0) is 11.2 Å². The maximum Gasteiger partial charge on any atom is 0.223 e. The van der Waals surface area contributed by atoms with Crippen molar-refractivity contribution in [1.29, 1.82) is 0 Å². The van der Waals surface area contributed by atoms with Crippen molar-refractivity contribution in [3.8, 4) is 5.75 Å². The highest BCUT2D eigenvalue weighted by Gasteiger charge is 2.17. The number of hydrogen-bond acceptors (Lipinski definition) is 2. The first kappa shape index (κ1) is 17.1. The molecule has 2 aromatic rings. The number of benzene rings is 2. The van der Waals surface area contributed by atoms with E-state index in [1.807, 2.05) is 36.2 Å². The number of rotatable bonds is 6. The van der Waals surface area contributed by atoms with Gasteiger partial charge in [-0.3, -0.25) is 4.79 Å². The van der Waals surface area contributed by atoms with Gasteiger partial charge in [0.15, 0.2) is 0 Å². The third-order valence-corrected chi connectivity index (χ3v) is 4.30. The first-order valence-electron chi connectivity index (χ1n) is 7.96. The Balaban J connectivity index is 1.95. The fourth-order valence-electron chi connectivity index (χ4n) is 2.54. The lowest BCUT2D eigenvalue weighted by atomic mass is 10.0. The molecular weight excluding hydrogens is 286 g/mol. The van der Waals surface area contributed by atoms with E-state index in [2.05, 4.69) is 38.1 Å². The van der Waals surface area contributed by atoms with E-state index in [4.69, 9.17) is 4.74 Å². The van der Waals surface area contributed by atoms with Crippen molar-refractivity contribution in [3.63, 3.8) is 0 Å². The van der Waals surface area contributed by atoms with E-state index in [9.17, 15) is 4.79 Å². The molecule has 0 aliphatic carbocycles. The number of aryl methyl sites for hydroxylation is 2. The Hall–Kier alpha value is -2.29. The zero-order valence-corrected chi connectivity index (χ0v) is 14.4. The molecule has 3 nitrogen and oxygen atoms in total. The Morgan fingerprint density at radius 1 is 1.17 bits per heavy atom. The van der Waals surface area contributed by atoms with Crippen molar-refractivity contribution in [1.82, 2.24) is 4.90 Å². The van der Waals surface area contributed by atoms with Gasteiger partial charge in [-0.05, 0) is 43.5 Å². The van der Waals surface area contributed by atoms with Crippen molar-refractivity contribution < 1.29 is 9.53 Å². The van der Waals surface area contributed by atoms with Gasteiger partial charge in [-0.15, -0.1) is 0 Å². The molecule has 2 aromatic carbocycles. The number of amides is 1. The highest BCUT2D eigenvalue weighted by Crippen LogP contribution is 2.21. The molecular formula is C20H25NO2. The van der Waals surface area contributed by atoms with Crippen molar-refractivity contribution in [2.75, 3.05) is 14.2 Å². The van der Waals surface area contributed by atoms with E-state index in [-0.39, 0.29) is 11.9 Å². The number of carbonyl (C=O) groups is 1. The van der Waals surface area contributed by atoms with Crippen LogP contribution < -0.4 is 4.74 Å². The highest BCUT2D eigenvalue weighted by atomic mass is 16.5. The third kappa shape index (κ3) is 4.59. The zero-order chi connectivity index (χ0) is 16.8. The van der Waals surface area contributed by atoms with E-state index in [1.165, 1.54) is 5.56 Å². The summed E-state index contributed by atoms with van der Waals surface area (Å²) in [5.41, 5.74) is 3.51. The van der Waals surface area contributed by atoms with Gasteiger partial charge < -0.3 is 9.64 Å². The van der Waals surface area contributed by atoms with Crippen molar-refractivity contribution in [2.45, 2.75) is 32.7 Å². The second kappa shape index (κ2) is 7.82. The molecule has 0 spiro atoms. The molecule has 0 radical (unpaired) electrons. The van der Waals surface area contributed by atoms with Crippen LogP contribution in [0.1, 0.15) is 36.1 Å². The second-order valence-corrected chi connectivity index (χ2v) is 5.94. The average molecular weight is 311 g/mol. The highest BCUT2D eigenvalue weighted by molar-refractivity contribution is 5.76. The second-order valence-electron chi connectivity index (χ2n) is 5.94. The standard InChI is InChI=1S/C20H25NO2/c1-15-8-11-18(12-9-15)16(2)21(3)20(22)13-10-17-6-5-7-19(14-17)23-4/h5-9,11-12,14,16H,10,13H2,1-4H3. The number of methoxy groups -OCH3 is 1. The Kier molecular flexibility index (Phi) is 5.80. The quantitative estimate of drug-likeness (QED) is 0.802. The Labute approximate surface area is 138 Å². The largest absolute Gasteiger partial charge is 0.497 e. The van der Waals surface area contributed by atoms with E-state index in [1.54, 1.807) is 7.11 Å². The molecule has 0 aliphatic heterocycles. The SMILES string of the molecule is COc1cccc(CCC(=O)N(C)C(C)c2ccc(C)cc2)c1. The molecule has 0 heterocycles. The van der Waals surface area contributed by atoms with Gasteiger partial charge >= 0.3 is 0 Å². The Bertz CT molecular complexity index is 649. The van der Waals surface area contributed by atoms with Gasteiger partial charge in [-0.1, -0.05) is 42.0 Å². The Morgan fingerprint density at radius 2 is 1.87 bits per heavy atom. The molecule has 0 aliphatic rings. The van der Waals surface area contributed by atoms with Crippen LogP contribution in [0.2, 0.25) is 0 Å². The molecule has 0 saturated carbocycles. The molecule has 0 saturated heterocycles. The van der Waals surface area contributed by atoms with Gasteiger partial charge in [-0.2, -0.15) is 0 Å². The van der Waals surface area contributed by atoms with Gasteiger partial charge in [0.2, 0.25) is 5.91 Å². The normalized spacial score (nSPS) is 11.8. The van der Waals surface area contributed by atoms with E-state index >= 15 is 0 Å². The van der Waals surface area contributed by atoms with E-state index in [0.29, 0.717) is 6.42 Å². The summed E-state index contributed by atoms with van der Waals surface area (Å²) in [5, 5.41) is 0. The van der Waals surface area contributed by atoms with Crippen LogP contribution in [0.15, 0.2) is 48.5 Å². The Morgan fingerprint density at radius 3 is 2.52 bits per heavy atom. The summed E-state index contributed by atoms with van der Waals surface area (Å²) in [6.45, 7) is 4.13. The summed E-state index contributed by atoms with van der Waals surface area (Å²) in [7, 11) is 3.53. The summed E-state index contributed by atoms with van der Waals surface area (Å²) in [4.78, 5) is 14.3. The van der Waals surface area contributed by atoms with Crippen molar-refractivity contribution in [3.05, 3.63) is 65.2 Å². The van der Waals surface area contributed by atoms with Gasteiger partial charge in [0, 0.05) is 13.5 Å². The first-order valence-corrected chi connectivity index (χ1v) is 7.96. The van der Waals surface area contributed by atoms with Crippen LogP contribution in [0.3, 0.4) is 0 Å². The molecule has 1 atom stereocenters. The number of carbonyl (C=O) groups excluding carboxylic acids is 1. The molecule has 0 aromatic heterocycles. The number of ether oxygens (including phenoxy) is 1. The number of nitrogens with zero attached hydrogens (tertiary/aromatic N) is 1. The van der Waals surface area contributed by atoms with E-state index < -0.39 is 0 Å². The molecule has 23 heavy (non-hydrogen) atoms. The van der Waals surface area contributed by atoms with Gasteiger partial charge in [0.1, 0.15) is 5.75 Å². The van der Waals surface area contributed by atoms with Crippen LogP contribution in [0.25, 0.3) is 0 Å². The summed E-state index contributed by atoms with van der Waals surface area (Å²) < 4.78 is 5.22. The lowest BCUT2D eigenvalue weighted by Gasteiger charge is -2.25. The summed E-state index contributed by atoms with van der Waals surface area (Å²) in [6.07, 6.45) is 1.22. The molecule has 122 valence electrons. The van der Waals surface area contributed by atoms with Crippen molar-refractivity contribution in [2.24, 2.45) is 0 Å². The summed E-state index contributed by atoms with van der Waals surface area (Å²) in [5.74, 6) is 0.984. The maximum atomic E-state index is 12.4.